The minimum atomic E-state index is -4.00. The quantitative estimate of drug-likeness (QED) is 0.500. The fourth-order valence-electron chi connectivity index (χ4n) is 2.61. The number of aliphatic carboxylic acids is 1. The zero-order valence-electron chi connectivity index (χ0n) is 16.9. The van der Waals surface area contributed by atoms with Crippen LogP contribution in [0.1, 0.15) is 18.9 Å². The highest BCUT2D eigenvalue weighted by atomic mass is 32.2. The van der Waals surface area contributed by atoms with Gasteiger partial charge < -0.3 is 10.4 Å². The Labute approximate surface area is 176 Å². The molecule has 0 fully saturated rings. The van der Waals surface area contributed by atoms with Gasteiger partial charge in [-0.25, -0.2) is 21.1 Å². The average Bonchev–Trinajstić information content (AvgIpc) is 2.67. The Kier molecular flexibility index (Phi) is 7.45. The van der Waals surface area contributed by atoms with Crippen LogP contribution in [0.3, 0.4) is 0 Å². The summed E-state index contributed by atoms with van der Waals surface area (Å²) in [6.45, 7) is 2.34. The van der Waals surface area contributed by atoms with Gasteiger partial charge in [0.2, 0.25) is 10.0 Å². The van der Waals surface area contributed by atoms with Crippen molar-refractivity contribution in [2.24, 2.45) is 0 Å². The van der Waals surface area contributed by atoms with E-state index in [4.69, 9.17) is 5.11 Å². The van der Waals surface area contributed by atoms with Crippen LogP contribution < -0.4 is 10.0 Å². The van der Waals surface area contributed by atoms with Gasteiger partial charge in [-0.3, -0.25) is 9.52 Å². The minimum Gasteiger partial charge on any atom is -0.481 e. The Morgan fingerprint density at radius 2 is 1.57 bits per heavy atom. The lowest BCUT2D eigenvalue weighted by molar-refractivity contribution is -0.136. The first kappa shape index (κ1) is 23.6. The molecule has 11 heteroatoms. The molecule has 0 atom stereocenters. The Morgan fingerprint density at radius 1 is 0.967 bits per heavy atom. The van der Waals surface area contributed by atoms with Crippen molar-refractivity contribution in [3.63, 3.8) is 0 Å². The second-order valence-electron chi connectivity index (χ2n) is 6.67. The molecule has 0 unspecified atom stereocenters. The molecule has 0 heterocycles. The smallest absolute Gasteiger partial charge is 0.303 e. The molecule has 2 rings (SSSR count). The molecule has 0 saturated heterocycles. The maximum atomic E-state index is 12.8. The van der Waals surface area contributed by atoms with Crippen LogP contribution >= 0.6 is 0 Å². The van der Waals surface area contributed by atoms with E-state index in [1.165, 1.54) is 44.4 Å². The average molecular weight is 456 g/mol. The predicted molar refractivity (Wildman–Crippen MR) is 115 cm³/mol. The van der Waals surface area contributed by atoms with E-state index >= 15 is 0 Å². The molecule has 0 amide bonds. The van der Waals surface area contributed by atoms with E-state index < -0.39 is 26.0 Å². The highest BCUT2D eigenvalue weighted by Gasteiger charge is 2.21. The van der Waals surface area contributed by atoms with E-state index in [-0.39, 0.29) is 28.3 Å². The van der Waals surface area contributed by atoms with Crippen molar-refractivity contribution < 1.29 is 26.7 Å². The first-order chi connectivity index (χ1) is 14.0. The van der Waals surface area contributed by atoms with E-state index in [2.05, 4.69) is 10.0 Å². The topological polar surface area (TPSA) is 133 Å². The monoisotopic (exact) mass is 455 g/mol. The summed E-state index contributed by atoms with van der Waals surface area (Å²) in [5.41, 5.74) is 1.25. The number of nitrogens with zero attached hydrogens (tertiary/aromatic N) is 1. The third kappa shape index (κ3) is 5.71. The molecular weight excluding hydrogens is 430 g/mol. The number of hydrogen-bond donors (Lipinski definition) is 3. The van der Waals surface area contributed by atoms with E-state index in [0.717, 1.165) is 4.31 Å². The molecule has 2 aromatic carbocycles. The van der Waals surface area contributed by atoms with Crippen molar-refractivity contribution in [3.8, 4) is 0 Å². The van der Waals surface area contributed by atoms with Gasteiger partial charge in [-0.2, -0.15) is 0 Å². The van der Waals surface area contributed by atoms with Crippen LogP contribution in [0.2, 0.25) is 0 Å². The third-order valence-electron chi connectivity index (χ3n) is 4.24. The number of carboxylic acid groups (broad SMARTS) is 1. The summed E-state index contributed by atoms with van der Waals surface area (Å²) in [5, 5.41) is 11.8. The zero-order chi connectivity index (χ0) is 22.5. The van der Waals surface area contributed by atoms with E-state index in [1.807, 2.05) is 6.92 Å². The number of carboxylic acids is 1. The fourth-order valence-corrected chi connectivity index (χ4v) is 4.61. The number of rotatable bonds is 10. The maximum Gasteiger partial charge on any atom is 0.303 e. The normalized spacial score (nSPS) is 12.0. The Bertz CT molecular complexity index is 1110. The number of benzene rings is 2. The van der Waals surface area contributed by atoms with Crippen molar-refractivity contribution in [1.29, 1.82) is 0 Å². The number of sulfonamides is 2. The Morgan fingerprint density at radius 3 is 2.10 bits per heavy atom. The highest BCUT2D eigenvalue weighted by Crippen LogP contribution is 2.29. The molecule has 0 aromatic heterocycles. The molecule has 0 saturated carbocycles. The predicted octanol–water partition coefficient (Wildman–Crippen LogP) is 2.19. The van der Waals surface area contributed by atoms with Gasteiger partial charge in [0.1, 0.15) is 0 Å². The van der Waals surface area contributed by atoms with Crippen LogP contribution in [0, 0.1) is 0 Å². The molecule has 0 bridgehead atoms. The summed E-state index contributed by atoms with van der Waals surface area (Å²) < 4.78 is 54.0. The summed E-state index contributed by atoms with van der Waals surface area (Å²) in [5.74, 6) is -0.933. The minimum absolute atomic E-state index is 0.0232. The molecule has 3 N–H and O–H groups in total. The van der Waals surface area contributed by atoms with Crippen LogP contribution in [-0.4, -0.2) is 52.9 Å². The number of nitrogens with one attached hydrogen (secondary N) is 2. The summed E-state index contributed by atoms with van der Waals surface area (Å²) in [7, 11) is -4.96. The van der Waals surface area contributed by atoms with Crippen LogP contribution in [0.15, 0.2) is 52.3 Å². The molecule has 30 heavy (non-hydrogen) atoms. The SMILES string of the molecule is CCNc1ccc(S(=O)(=O)N(C)C)cc1NS(=O)(=O)c1ccc(CCC(=O)O)cc1. The van der Waals surface area contributed by atoms with Crippen LogP contribution in [0.25, 0.3) is 0 Å². The van der Waals surface area contributed by atoms with E-state index in [9.17, 15) is 21.6 Å². The van der Waals surface area contributed by atoms with Crippen molar-refractivity contribution in [1.82, 2.24) is 4.31 Å². The molecule has 0 aliphatic rings. The maximum absolute atomic E-state index is 12.8. The molecule has 2 aromatic rings. The fraction of sp³-hybridized carbons (Fsp3) is 0.316. The van der Waals surface area contributed by atoms with Crippen molar-refractivity contribution in [2.45, 2.75) is 29.6 Å². The van der Waals surface area contributed by atoms with Gasteiger partial charge in [0.15, 0.2) is 0 Å². The van der Waals surface area contributed by atoms with Crippen molar-refractivity contribution in [2.75, 3.05) is 30.7 Å². The van der Waals surface area contributed by atoms with Gasteiger partial charge in [0.05, 0.1) is 21.2 Å². The number of anilines is 2. The van der Waals surface area contributed by atoms with Gasteiger partial charge in [-0.15, -0.1) is 0 Å². The lowest BCUT2D eigenvalue weighted by Crippen LogP contribution is -2.22. The summed E-state index contributed by atoms with van der Waals surface area (Å²) >= 11 is 0. The van der Waals surface area contributed by atoms with Gasteiger partial charge in [0.25, 0.3) is 10.0 Å². The number of hydrogen-bond acceptors (Lipinski definition) is 6. The zero-order valence-corrected chi connectivity index (χ0v) is 18.5. The van der Waals surface area contributed by atoms with Crippen molar-refractivity contribution in [3.05, 3.63) is 48.0 Å². The summed E-state index contributed by atoms with van der Waals surface area (Å²) in [6.07, 6.45) is 0.238. The van der Waals surface area contributed by atoms with Gasteiger partial charge >= 0.3 is 5.97 Å². The third-order valence-corrected chi connectivity index (χ3v) is 7.43. The second-order valence-corrected chi connectivity index (χ2v) is 10.5. The van der Waals surface area contributed by atoms with E-state index in [1.54, 1.807) is 12.1 Å². The van der Waals surface area contributed by atoms with E-state index in [0.29, 0.717) is 17.8 Å². The summed E-state index contributed by atoms with van der Waals surface area (Å²) in [4.78, 5) is 10.6. The molecule has 0 aliphatic carbocycles. The number of carbonyl (C=O) groups is 1. The van der Waals surface area contributed by atoms with Crippen LogP contribution in [0.5, 0.6) is 0 Å². The Balaban J connectivity index is 2.37. The molecule has 0 aliphatic heterocycles. The summed E-state index contributed by atoms with van der Waals surface area (Å²) in [6, 6.07) is 10.0. The van der Waals surface area contributed by atoms with Crippen molar-refractivity contribution >= 4 is 37.4 Å². The molecule has 0 radical (unpaired) electrons. The van der Waals surface area contributed by atoms with Gasteiger partial charge in [-0.05, 0) is 49.2 Å². The van der Waals surface area contributed by atoms with Crippen LogP contribution in [0.4, 0.5) is 11.4 Å². The second kappa shape index (κ2) is 9.45. The van der Waals surface area contributed by atoms with Gasteiger partial charge in [-0.1, -0.05) is 12.1 Å². The van der Waals surface area contributed by atoms with Crippen LogP contribution in [-0.2, 0) is 31.3 Å². The lowest BCUT2D eigenvalue weighted by Gasteiger charge is -2.17. The Hall–Kier alpha value is -2.63. The molecular formula is C19H25N3O6S2. The largest absolute Gasteiger partial charge is 0.481 e. The molecule has 9 nitrogen and oxygen atoms in total. The lowest BCUT2D eigenvalue weighted by atomic mass is 10.1. The number of aryl methyl sites for hydroxylation is 1. The molecule has 164 valence electrons. The first-order valence-corrected chi connectivity index (χ1v) is 12.0. The standard InChI is InChI=1S/C19H25N3O6S2/c1-4-20-17-11-10-16(30(27,28)22(2)3)13-18(17)21-29(25,26)15-8-5-14(6-9-15)7-12-19(23)24/h5-6,8-11,13,20-21H,4,7,12H2,1-3H3,(H,23,24). The molecule has 0 spiro atoms. The van der Waals surface area contributed by atoms with Gasteiger partial charge in [0, 0.05) is 27.1 Å². The first-order valence-electron chi connectivity index (χ1n) is 9.11. The highest BCUT2D eigenvalue weighted by molar-refractivity contribution is 7.92.